The van der Waals surface area contributed by atoms with Crippen LogP contribution >= 0.6 is 7.82 Å². The van der Waals surface area contributed by atoms with E-state index in [4.69, 9.17) is 5.10 Å². The summed E-state index contributed by atoms with van der Waals surface area (Å²) in [4.78, 5) is 50.7. The van der Waals surface area contributed by atoms with E-state index < -0.39 is 61.9 Å². The molecule has 0 radical (unpaired) electrons. The molecular formula is C32H28F4N6NaO6P. The number of rotatable bonds is 10. The van der Waals surface area contributed by atoms with Crippen LogP contribution in [0, 0.1) is 17.3 Å². The fraction of sp³-hybridized carbons (Fsp3) is 0.250. The van der Waals surface area contributed by atoms with Crippen LogP contribution in [-0.2, 0) is 20.1 Å². The van der Waals surface area contributed by atoms with Crippen molar-refractivity contribution in [2.45, 2.75) is 38.0 Å². The first-order valence-electron chi connectivity index (χ1n) is 14.7. The molecule has 1 aliphatic rings. The Morgan fingerprint density at radius 3 is 2.40 bits per heavy atom. The molecule has 2 heterocycles. The second-order valence-corrected chi connectivity index (χ2v) is 12.2. The zero-order valence-electron chi connectivity index (χ0n) is 26.8. The zero-order chi connectivity index (χ0) is 35.7. The van der Waals surface area contributed by atoms with Crippen molar-refractivity contribution in [1.82, 2.24) is 20.0 Å². The maximum absolute atomic E-state index is 14.4. The third-order valence-electron chi connectivity index (χ3n) is 7.99. The van der Waals surface area contributed by atoms with Crippen molar-refractivity contribution in [2.75, 3.05) is 18.2 Å². The predicted molar refractivity (Wildman–Crippen MR) is 164 cm³/mol. The Labute approximate surface area is 305 Å². The van der Waals surface area contributed by atoms with Crippen molar-refractivity contribution in [2.24, 2.45) is 0 Å². The number of hydrogen-bond acceptors (Lipinski definition) is 8. The number of carbonyl (C=O) groups is 2. The molecule has 2 N–H and O–H groups in total. The van der Waals surface area contributed by atoms with Gasteiger partial charge in [0.2, 0.25) is 0 Å². The number of amides is 2. The molecule has 50 heavy (non-hydrogen) atoms. The maximum atomic E-state index is 14.4. The Morgan fingerprint density at radius 1 is 1.16 bits per heavy atom. The van der Waals surface area contributed by atoms with Crippen LogP contribution in [0.1, 0.15) is 58.5 Å². The van der Waals surface area contributed by atoms with Crippen LogP contribution in [0.4, 0.5) is 23.4 Å². The largest absolute Gasteiger partial charge is 1.00 e. The Kier molecular flexibility index (Phi) is 12.0. The average molecular weight is 723 g/mol. The number of fused-ring (bicyclic) bond motifs is 1. The summed E-state index contributed by atoms with van der Waals surface area (Å²) in [7, 11) is -5.26. The first-order chi connectivity index (χ1) is 23.1. The molecule has 4 aromatic rings. The second kappa shape index (κ2) is 15.4. The summed E-state index contributed by atoms with van der Waals surface area (Å²) >= 11 is 0. The molecule has 0 saturated heterocycles. The van der Waals surface area contributed by atoms with Crippen LogP contribution < -0.4 is 44.7 Å². The summed E-state index contributed by atoms with van der Waals surface area (Å²) in [5.41, 5.74) is -0.281. The molecule has 0 spiro atoms. The van der Waals surface area contributed by atoms with E-state index in [-0.39, 0.29) is 58.7 Å². The number of phosphoric acid groups is 1. The van der Waals surface area contributed by atoms with Gasteiger partial charge in [0.05, 0.1) is 23.0 Å². The molecule has 4 atom stereocenters. The van der Waals surface area contributed by atoms with Crippen LogP contribution in [0.5, 0.6) is 0 Å². The second-order valence-electron chi connectivity index (χ2n) is 11.0. The number of nitrogens with zero attached hydrogens (tertiary/aromatic N) is 5. The maximum Gasteiger partial charge on any atom is 1.00 e. The number of alkyl halides is 3. The van der Waals surface area contributed by atoms with Gasteiger partial charge in [-0.3, -0.25) is 28.5 Å². The number of nitrogens with one attached hydrogen (secondary N) is 1. The number of hydrogen-bond donors (Lipinski definition) is 2. The first-order valence-corrected chi connectivity index (χ1v) is 16.2. The minimum atomic E-state index is -5.26. The molecule has 1 aromatic heterocycles. The van der Waals surface area contributed by atoms with Gasteiger partial charge < -0.3 is 15.1 Å². The number of aromatic nitrogens is 2. The quantitative estimate of drug-likeness (QED) is 0.0619. The van der Waals surface area contributed by atoms with Crippen molar-refractivity contribution in [3.63, 3.8) is 0 Å². The number of carbonyl (C=O) groups excluding carboxylic acids is 2. The molecule has 2 amide bonds. The van der Waals surface area contributed by atoms with Gasteiger partial charge in [-0.25, -0.2) is 9.07 Å². The summed E-state index contributed by atoms with van der Waals surface area (Å²) in [6.45, 7) is 2.26. The molecule has 0 bridgehead atoms. The molecule has 0 saturated carbocycles. The van der Waals surface area contributed by atoms with Crippen molar-refractivity contribution >= 4 is 25.5 Å². The van der Waals surface area contributed by atoms with Crippen LogP contribution in [-0.4, -0.2) is 50.7 Å². The van der Waals surface area contributed by atoms with Gasteiger partial charge in [0.25, 0.3) is 19.6 Å². The van der Waals surface area contributed by atoms with Crippen LogP contribution in [0.15, 0.2) is 78.9 Å². The van der Waals surface area contributed by atoms with E-state index in [1.54, 1.807) is 43.4 Å². The third-order valence-corrected chi connectivity index (χ3v) is 8.44. The number of likely N-dealkylation sites (N-methyl/N-ethyl adjacent to an activating group) is 1. The smallest absolute Gasteiger partial charge is 0.756 e. The molecule has 256 valence electrons. The van der Waals surface area contributed by atoms with Crippen LogP contribution in [0.25, 0.3) is 5.69 Å². The van der Waals surface area contributed by atoms with Gasteiger partial charge in [0.15, 0.2) is 6.19 Å². The summed E-state index contributed by atoms with van der Waals surface area (Å²) in [6, 6.07) is 14.7. The van der Waals surface area contributed by atoms with Crippen LogP contribution in [0.3, 0.4) is 0 Å². The Bertz CT molecular complexity index is 1950. The molecule has 3 aromatic carbocycles. The van der Waals surface area contributed by atoms with Gasteiger partial charge in [-0.2, -0.15) is 23.5 Å². The number of phosphoric ester groups is 1. The Balaban J connectivity index is 0.00000562. The van der Waals surface area contributed by atoms with Crippen molar-refractivity contribution in [3.8, 4) is 11.9 Å². The van der Waals surface area contributed by atoms with Gasteiger partial charge in [-0.05, 0) is 61.9 Å². The monoisotopic (exact) mass is 722 g/mol. The molecule has 0 aliphatic carbocycles. The fourth-order valence-corrected chi connectivity index (χ4v) is 5.96. The number of anilines is 1. The Morgan fingerprint density at radius 2 is 1.82 bits per heavy atom. The standard InChI is InChI=1S/C32H29F4N6O6P.Na/c1-3-41-30-26(27(39-42(30)24-10-5-4-6-11-24)19(2)40(17-37)18-48-49(45,46)47)25(20-12-14-23(33)15-13-20)28(31(41)44)38-29(43)21-8-7-9-22(16-21)32(34,35)36;/h4-16,19,25,28H,3,18H2,1-2H3,(H,38,43)(H2,45,46,47);/q;+1/p-1/t19-,25+,28+;/m1./s1. The number of halogens is 4. The van der Waals surface area contributed by atoms with Gasteiger partial charge in [0.1, 0.15) is 24.4 Å². The molecule has 12 nitrogen and oxygen atoms in total. The van der Waals surface area contributed by atoms with Gasteiger partial charge in [-0.1, -0.05) is 36.4 Å². The third kappa shape index (κ3) is 8.11. The van der Waals surface area contributed by atoms with E-state index in [2.05, 4.69) is 9.84 Å². The van der Waals surface area contributed by atoms with E-state index >= 15 is 0 Å². The predicted octanol–water partition coefficient (Wildman–Crippen LogP) is 1.61. The number of nitriles is 1. The number of benzene rings is 3. The SMILES string of the molecule is CCN1C(=O)[C@@H](NC(=O)c2cccc(C(F)(F)F)c2)[C@@H](c2ccc(F)cc2)c2c([C@@H](C)N(C#N)COP(=O)([O-])O)nn(-c3ccccc3)c21.[Na+]. The molecule has 1 aliphatic heterocycles. The minimum absolute atomic E-state index is 0. The van der Waals surface area contributed by atoms with E-state index in [9.17, 15) is 46.8 Å². The first kappa shape index (κ1) is 38.7. The summed E-state index contributed by atoms with van der Waals surface area (Å²) in [6.07, 6.45) is -2.94. The molecule has 5 rings (SSSR count). The molecule has 0 fully saturated rings. The van der Waals surface area contributed by atoms with Gasteiger partial charge >= 0.3 is 35.7 Å². The summed E-state index contributed by atoms with van der Waals surface area (Å²) in [5.74, 6) is -3.20. The molecular weight excluding hydrogens is 694 g/mol. The summed E-state index contributed by atoms with van der Waals surface area (Å²) < 4.78 is 72.0. The summed E-state index contributed by atoms with van der Waals surface area (Å²) in [5, 5.41) is 17.3. The van der Waals surface area contributed by atoms with Crippen molar-refractivity contribution < 1.29 is 75.6 Å². The van der Waals surface area contributed by atoms with E-state index in [0.717, 1.165) is 35.2 Å². The van der Waals surface area contributed by atoms with Gasteiger partial charge in [-0.15, -0.1) is 0 Å². The van der Waals surface area contributed by atoms with Crippen LogP contribution in [0.2, 0.25) is 0 Å². The van der Waals surface area contributed by atoms with E-state index in [0.29, 0.717) is 17.3 Å². The van der Waals surface area contributed by atoms with Crippen molar-refractivity contribution in [3.05, 3.63) is 113 Å². The molecule has 18 heteroatoms. The number of para-hydroxylation sites is 1. The molecule has 1 unspecified atom stereocenters. The van der Waals surface area contributed by atoms with E-state index in [1.807, 2.05) is 0 Å². The van der Waals surface area contributed by atoms with Gasteiger partial charge in [0, 0.05) is 23.6 Å². The van der Waals surface area contributed by atoms with E-state index in [1.165, 1.54) is 28.6 Å². The average Bonchev–Trinajstić information content (AvgIpc) is 3.45. The fourth-order valence-electron chi connectivity index (χ4n) is 5.69. The normalized spacial score (nSPS) is 17.5. The van der Waals surface area contributed by atoms with Crippen molar-refractivity contribution in [1.29, 1.82) is 5.26 Å². The zero-order valence-corrected chi connectivity index (χ0v) is 29.7. The minimum Gasteiger partial charge on any atom is -0.756 e. The topological polar surface area (TPSA) is 164 Å². The Hall–Kier alpha value is -4.07.